The van der Waals surface area contributed by atoms with Crippen LogP contribution in [0.5, 0.6) is 0 Å². The maximum atomic E-state index is 11.5. The smallest absolute Gasteiger partial charge is 0.330 e. The lowest BCUT2D eigenvalue weighted by Crippen LogP contribution is -2.43. The first kappa shape index (κ1) is 20.9. The molecule has 0 aliphatic rings. The van der Waals surface area contributed by atoms with E-state index < -0.39 is 22.6 Å². The van der Waals surface area contributed by atoms with Crippen molar-refractivity contribution in [1.29, 1.82) is 0 Å². The van der Waals surface area contributed by atoms with Crippen LogP contribution in [0.3, 0.4) is 0 Å². The highest BCUT2D eigenvalue weighted by atomic mass is 28.4. The van der Waals surface area contributed by atoms with Crippen LogP contribution >= 0.6 is 0 Å². The largest absolute Gasteiger partial charge is 0.461 e. The van der Waals surface area contributed by atoms with Gasteiger partial charge in [0.15, 0.2) is 16.6 Å². The second-order valence-corrected chi connectivity index (χ2v) is 15.7. The third-order valence-corrected chi connectivity index (χ3v) is 8.84. The molecular formula is C14H30N2O4Si2. The summed E-state index contributed by atoms with van der Waals surface area (Å²) in [5.74, 6) is -0.489. The van der Waals surface area contributed by atoms with Gasteiger partial charge >= 0.3 is 12.0 Å². The van der Waals surface area contributed by atoms with E-state index in [-0.39, 0.29) is 19.2 Å². The Hall–Kier alpha value is -1.13. The van der Waals surface area contributed by atoms with E-state index in [2.05, 4.69) is 49.9 Å². The minimum atomic E-state index is -1.64. The molecule has 8 heteroatoms. The van der Waals surface area contributed by atoms with Gasteiger partial charge in [-0.1, -0.05) is 6.58 Å². The highest BCUT2D eigenvalue weighted by Gasteiger charge is 2.28. The van der Waals surface area contributed by atoms with Gasteiger partial charge < -0.3 is 19.5 Å². The number of rotatable bonds is 10. The maximum absolute atomic E-state index is 11.5. The molecule has 0 saturated carbocycles. The predicted molar refractivity (Wildman–Crippen MR) is 93.9 cm³/mol. The van der Waals surface area contributed by atoms with Crippen LogP contribution in [0.4, 0.5) is 4.79 Å². The van der Waals surface area contributed by atoms with Crippen molar-refractivity contribution in [2.24, 2.45) is 0 Å². The van der Waals surface area contributed by atoms with Crippen LogP contribution in [-0.2, 0) is 13.6 Å². The standard InChI is InChI=1S/C14H30N2O4Si2/c1-7-13(17)19-11-10-16-14(18)15-9-8-12-22(5,6)20-21(2,3)4/h7H,1,8-12H2,2-6H3,(H2,15,16,18). The molecule has 0 radical (unpaired) electrons. The number of nitrogens with one attached hydrogen (secondary N) is 2. The third-order valence-electron chi connectivity index (χ3n) is 2.62. The molecule has 0 bridgehead atoms. The van der Waals surface area contributed by atoms with Gasteiger partial charge in [-0.05, 0) is 45.2 Å². The molecule has 0 spiro atoms. The molecule has 2 N–H and O–H groups in total. The van der Waals surface area contributed by atoms with Gasteiger partial charge in [0.25, 0.3) is 0 Å². The molecule has 2 amide bonds. The zero-order valence-corrected chi connectivity index (χ0v) is 16.5. The average molecular weight is 347 g/mol. The van der Waals surface area contributed by atoms with E-state index in [0.717, 1.165) is 18.5 Å². The van der Waals surface area contributed by atoms with Crippen LogP contribution in [0.1, 0.15) is 6.42 Å². The molecule has 0 atom stereocenters. The summed E-state index contributed by atoms with van der Waals surface area (Å²) < 4.78 is 11.0. The van der Waals surface area contributed by atoms with Crippen molar-refractivity contribution < 1.29 is 18.4 Å². The Balaban J connectivity index is 3.72. The van der Waals surface area contributed by atoms with Crippen molar-refractivity contribution in [3.8, 4) is 0 Å². The normalized spacial score (nSPS) is 11.7. The van der Waals surface area contributed by atoms with E-state index >= 15 is 0 Å². The topological polar surface area (TPSA) is 76.7 Å². The second-order valence-electron chi connectivity index (χ2n) is 6.63. The molecule has 0 aromatic rings. The highest BCUT2D eigenvalue weighted by Crippen LogP contribution is 2.19. The number of hydrogen-bond acceptors (Lipinski definition) is 4. The van der Waals surface area contributed by atoms with Crippen LogP contribution in [0.25, 0.3) is 0 Å². The number of hydrogen-bond donors (Lipinski definition) is 2. The summed E-state index contributed by atoms with van der Waals surface area (Å²) >= 11 is 0. The molecule has 0 unspecified atom stereocenters. The van der Waals surface area contributed by atoms with Crippen molar-refractivity contribution in [2.45, 2.75) is 45.2 Å². The number of ether oxygens (including phenoxy) is 1. The van der Waals surface area contributed by atoms with E-state index in [1.807, 2.05) is 0 Å². The molecule has 0 heterocycles. The van der Waals surface area contributed by atoms with Crippen molar-refractivity contribution in [3.05, 3.63) is 12.7 Å². The zero-order valence-electron chi connectivity index (χ0n) is 14.5. The molecule has 0 aliphatic heterocycles. The SMILES string of the molecule is C=CC(=O)OCCNC(=O)NCCC[Si](C)(C)O[Si](C)(C)C. The van der Waals surface area contributed by atoms with E-state index in [9.17, 15) is 9.59 Å². The van der Waals surface area contributed by atoms with Crippen molar-refractivity contribution in [3.63, 3.8) is 0 Å². The zero-order chi connectivity index (χ0) is 17.2. The van der Waals surface area contributed by atoms with Crippen molar-refractivity contribution in [2.75, 3.05) is 19.7 Å². The van der Waals surface area contributed by atoms with Gasteiger partial charge in [-0.2, -0.15) is 0 Å². The summed E-state index contributed by atoms with van der Waals surface area (Å²) in [5.41, 5.74) is 0. The number of carbonyl (C=O) groups is 2. The second kappa shape index (κ2) is 9.80. The van der Waals surface area contributed by atoms with E-state index in [4.69, 9.17) is 8.85 Å². The monoisotopic (exact) mass is 346 g/mol. The molecule has 0 aliphatic carbocycles. The molecular weight excluding hydrogens is 316 g/mol. The predicted octanol–water partition coefficient (Wildman–Crippen LogP) is 2.46. The molecule has 128 valence electrons. The lowest BCUT2D eigenvalue weighted by atomic mass is 10.5. The summed E-state index contributed by atoms with van der Waals surface area (Å²) in [6.45, 7) is 15.4. The number of urea groups is 1. The van der Waals surface area contributed by atoms with Gasteiger partial charge in [-0.3, -0.25) is 0 Å². The van der Waals surface area contributed by atoms with Crippen molar-refractivity contribution >= 4 is 28.6 Å². The first-order chi connectivity index (χ1) is 10.1. The molecule has 0 aromatic carbocycles. The van der Waals surface area contributed by atoms with Gasteiger partial charge in [0, 0.05) is 12.6 Å². The number of esters is 1. The summed E-state index contributed by atoms with van der Waals surface area (Å²) in [5, 5.41) is 5.41. The van der Waals surface area contributed by atoms with Gasteiger partial charge in [0.05, 0.1) is 6.54 Å². The molecule has 0 saturated heterocycles. The Morgan fingerprint density at radius 3 is 2.23 bits per heavy atom. The Bertz CT molecular complexity index is 382. The Kier molecular flexibility index (Phi) is 9.30. The van der Waals surface area contributed by atoms with Crippen LogP contribution < -0.4 is 10.6 Å². The minimum absolute atomic E-state index is 0.141. The summed E-state index contributed by atoms with van der Waals surface area (Å²) in [6.07, 6.45) is 2.00. The highest BCUT2D eigenvalue weighted by molar-refractivity contribution is 6.84. The van der Waals surface area contributed by atoms with E-state index in [0.29, 0.717) is 6.54 Å². The van der Waals surface area contributed by atoms with Gasteiger partial charge in [-0.15, -0.1) is 0 Å². The summed E-state index contributed by atoms with van der Waals surface area (Å²) in [4.78, 5) is 22.3. The Labute approximate surface area is 135 Å². The quantitative estimate of drug-likeness (QED) is 0.276. The van der Waals surface area contributed by atoms with E-state index in [1.54, 1.807) is 0 Å². The Morgan fingerprint density at radius 2 is 1.68 bits per heavy atom. The van der Waals surface area contributed by atoms with Crippen molar-refractivity contribution in [1.82, 2.24) is 10.6 Å². The molecule has 6 nitrogen and oxygen atoms in total. The number of amides is 2. The molecule has 0 aromatic heterocycles. The average Bonchev–Trinajstić information content (AvgIpc) is 2.36. The van der Waals surface area contributed by atoms with E-state index in [1.165, 1.54) is 0 Å². The van der Waals surface area contributed by atoms with Crippen LogP contribution in [0.2, 0.25) is 38.8 Å². The van der Waals surface area contributed by atoms with Gasteiger partial charge in [-0.25, -0.2) is 9.59 Å². The van der Waals surface area contributed by atoms with Crippen LogP contribution in [0, 0.1) is 0 Å². The lowest BCUT2D eigenvalue weighted by molar-refractivity contribution is -0.137. The van der Waals surface area contributed by atoms with Crippen LogP contribution in [0.15, 0.2) is 12.7 Å². The first-order valence-electron chi connectivity index (χ1n) is 7.57. The fourth-order valence-electron chi connectivity index (χ4n) is 2.03. The third kappa shape index (κ3) is 12.6. The number of carbonyl (C=O) groups excluding carboxylic acids is 2. The summed E-state index contributed by atoms with van der Waals surface area (Å²) in [6, 6.07) is 0.773. The molecule has 0 fully saturated rings. The van der Waals surface area contributed by atoms with Gasteiger partial charge in [0.1, 0.15) is 6.61 Å². The van der Waals surface area contributed by atoms with Crippen LogP contribution in [-0.4, -0.2) is 48.3 Å². The minimum Gasteiger partial charge on any atom is -0.461 e. The molecule has 22 heavy (non-hydrogen) atoms. The summed E-state index contributed by atoms with van der Waals surface area (Å²) in [7, 11) is -3.13. The first-order valence-corrected chi connectivity index (χ1v) is 14.1. The fraction of sp³-hybridized carbons (Fsp3) is 0.714. The fourth-order valence-corrected chi connectivity index (χ4v) is 10.1. The Morgan fingerprint density at radius 1 is 1.09 bits per heavy atom. The maximum Gasteiger partial charge on any atom is 0.330 e. The van der Waals surface area contributed by atoms with Gasteiger partial charge in [0.2, 0.25) is 0 Å². The molecule has 0 rings (SSSR count). The lowest BCUT2D eigenvalue weighted by Gasteiger charge is -2.31.